The zero-order chi connectivity index (χ0) is 34.4. The van der Waals surface area contributed by atoms with Crippen molar-refractivity contribution in [1.82, 2.24) is 14.8 Å². The van der Waals surface area contributed by atoms with Gasteiger partial charge in [-0.05, 0) is 111 Å². The lowest BCUT2D eigenvalue weighted by Crippen LogP contribution is -2.49. The zero-order valence-electron chi connectivity index (χ0n) is 28.6. The van der Waals surface area contributed by atoms with E-state index in [2.05, 4.69) is 10.2 Å². The fourth-order valence-corrected chi connectivity index (χ4v) is 7.37. The Balaban J connectivity index is 1.50. The molecule has 5 rings (SSSR count). The zero-order valence-corrected chi connectivity index (χ0v) is 28.6. The molecule has 9 heteroatoms. The second-order valence-corrected chi connectivity index (χ2v) is 14.5. The van der Waals surface area contributed by atoms with E-state index in [0.717, 1.165) is 53.9 Å². The molecule has 1 amide bonds. The Morgan fingerprint density at radius 1 is 0.936 bits per heavy atom. The molecule has 2 atom stereocenters. The summed E-state index contributed by atoms with van der Waals surface area (Å²) in [5.41, 5.74) is 4.94. The molecule has 1 spiro atoms. The number of hydrogen-bond donors (Lipinski definition) is 2. The average molecular weight is 648 g/mol. The largest absolute Gasteiger partial charge is 0.481 e. The van der Waals surface area contributed by atoms with Crippen LogP contribution >= 0.6 is 0 Å². The highest BCUT2D eigenvalue weighted by molar-refractivity contribution is 5.82. The first kappa shape index (κ1) is 34.5. The van der Waals surface area contributed by atoms with Gasteiger partial charge < -0.3 is 19.9 Å². The van der Waals surface area contributed by atoms with Crippen LogP contribution in [0.4, 0.5) is 8.78 Å². The van der Waals surface area contributed by atoms with Crippen molar-refractivity contribution in [3.8, 4) is 11.1 Å². The molecule has 1 aromatic heterocycles. The normalized spacial score (nSPS) is 16.6. The summed E-state index contributed by atoms with van der Waals surface area (Å²) in [5.74, 6) is -3.82. The molecule has 7 nitrogen and oxygen atoms in total. The minimum Gasteiger partial charge on any atom is -0.481 e. The molecule has 1 unspecified atom stereocenters. The van der Waals surface area contributed by atoms with Crippen LogP contribution in [0, 0.1) is 57.6 Å². The fraction of sp³-hybridized carbons (Fsp3) is 0.500. The van der Waals surface area contributed by atoms with E-state index >= 15 is 8.78 Å². The molecular weight excluding hydrogens is 600 g/mol. The number of amides is 1. The average Bonchev–Trinajstić information content (AvgIpc) is 3.74. The monoisotopic (exact) mass is 647 g/mol. The minimum atomic E-state index is -1.51. The predicted molar refractivity (Wildman–Crippen MR) is 180 cm³/mol. The summed E-state index contributed by atoms with van der Waals surface area (Å²) in [6.45, 7) is 15.9. The van der Waals surface area contributed by atoms with Gasteiger partial charge in [-0.3, -0.25) is 14.4 Å². The number of carbonyl (C=O) groups is 2. The summed E-state index contributed by atoms with van der Waals surface area (Å²) < 4.78 is 33.8. The molecule has 2 fully saturated rings. The number of hydrogen-bond acceptors (Lipinski definition) is 4. The summed E-state index contributed by atoms with van der Waals surface area (Å²) in [6, 6.07) is 4.26. The van der Waals surface area contributed by atoms with Gasteiger partial charge in [0.05, 0.1) is 12.5 Å². The molecular formula is C38H47F2N3O4. The van der Waals surface area contributed by atoms with Crippen LogP contribution in [0.1, 0.15) is 90.6 Å². The lowest BCUT2D eigenvalue weighted by molar-refractivity contribution is -0.138. The van der Waals surface area contributed by atoms with Crippen LogP contribution < -0.4 is 10.9 Å². The van der Waals surface area contributed by atoms with Gasteiger partial charge in [0.15, 0.2) is 0 Å². The molecule has 0 bridgehead atoms. The third-order valence-electron chi connectivity index (χ3n) is 9.91. The maximum Gasteiger partial charge on any atom is 0.305 e. The molecule has 0 radical (unpaired) electrons. The van der Waals surface area contributed by atoms with Crippen molar-refractivity contribution in [2.24, 2.45) is 11.3 Å². The number of pyridine rings is 1. The van der Waals surface area contributed by atoms with E-state index in [1.165, 1.54) is 36.5 Å². The van der Waals surface area contributed by atoms with Crippen molar-refractivity contribution in [2.75, 3.05) is 19.6 Å². The Kier molecular flexibility index (Phi) is 9.79. The number of aliphatic carboxylic acids is 1. The van der Waals surface area contributed by atoms with Gasteiger partial charge in [-0.2, -0.15) is 0 Å². The first-order valence-electron chi connectivity index (χ1n) is 16.6. The van der Waals surface area contributed by atoms with E-state index < -0.39 is 47.6 Å². The Bertz CT molecular complexity index is 1740. The Morgan fingerprint density at radius 2 is 1.57 bits per heavy atom. The third-order valence-corrected chi connectivity index (χ3v) is 9.91. The van der Waals surface area contributed by atoms with Gasteiger partial charge in [-0.1, -0.05) is 31.5 Å². The van der Waals surface area contributed by atoms with Crippen LogP contribution in [0.5, 0.6) is 0 Å². The van der Waals surface area contributed by atoms with Crippen LogP contribution in [-0.4, -0.2) is 46.1 Å². The summed E-state index contributed by atoms with van der Waals surface area (Å²) in [4.78, 5) is 41.9. The maximum atomic E-state index is 16.5. The van der Waals surface area contributed by atoms with E-state index in [0.29, 0.717) is 11.0 Å². The highest BCUT2D eigenvalue weighted by Crippen LogP contribution is 2.52. The number of nitrogens with one attached hydrogen (secondary N) is 1. The highest BCUT2D eigenvalue weighted by Gasteiger charge is 2.51. The number of carboxylic acids is 1. The molecule has 1 saturated heterocycles. The molecule has 2 N–H and O–H groups in total. The summed E-state index contributed by atoms with van der Waals surface area (Å²) in [7, 11) is 0. The van der Waals surface area contributed by atoms with Crippen molar-refractivity contribution in [1.29, 1.82) is 0 Å². The number of carbonyl (C=O) groups excluding carboxylic acids is 1. The number of carboxylic acid groups (broad SMARTS) is 1. The first-order valence-corrected chi connectivity index (χ1v) is 16.6. The van der Waals surface area contributed by atoms with Gasteiger partial charge in [0.25, 0.3) is 5.56 Å². The van der Waals surface area contributed by atoms with Crippen LogP contribution in [-0.2, 0) is 16.0 Å². The number of likely N-dealkylation sites (tertiary alicyclic amines) is 1. The summed E-state index contributed by atoms with van der Waals surface area (Å²) in [5, 5.41) is 12.5. The molecule has 1 aliphatic carbocycles. The number of benzene rings is 2. The lowest BCUT2D eigenvalue weighted by atomic mass is 9.88. The van der Waals surface area contributed by atoms with Gasteiger partial charge in [0, 0.05) is 43.0 Å². The quantitative estimate of drug-likeness (QED) is 0.223. The minimum absolute atomic E-state index is 0.0114. The predicted octanol–water partition coefficient (Wildman–Crippen LogP) is 6.89. The standard InChI is InChI=1S/C38H47F2N3O4/c1-21(2)12-30(43-18-27(23(4)16-31(43)44)8-11-42-19-38(20-42)9-10-38)37(47)41-29(17-32(45)46)34-35(39)26(7)15-28(36(34)40)33-24(5)13-22(3)14-25(33)6/h13-16,18,21,29-30H,8-12,17,19-20H2,1-7H3,(H,41,47)(H,45,46)/t29-,30?/m0/s1. The second-order valence-electron chi connectivity index (χ2n) is 14.5. The smallest absolute Gasteiger partial charge is 0.305 e. The van der Waals surface area contributed by atoms with Gasteiger partial charge in [0.1, 0.15) is 17.7 Å². The Labute approximate surface area is 276 Å². The summed E-state index contributed by atoms with van der Waals surface area (Å²) in [6.07, 6.45) is 4.58. The van der Waals surface area contributed by atoms with E-state index in [9.17, 15) is 19.5 Å². The SMILES string of the molecule is Cc1cc(C)c(-c2cc(C)c(F)c([C@H](CC(=O)O)NC(=O)C(CC(C)C)n3cc(CCN4CC5(CC5)C4)c(C)cc3=O)c2F)c(C)c1. The van der Waals surface area contributed by atoms with Crippen molar-refractivity contribution < 1.29 is 23.5 Å². The van der Waals surface area contributed by atoms with Crippen molar-refractivity contribution in [2.45, 2.75) is 92.7 Å². The number of rotatable bonds is 12. The van der Waals surface area contributed by atoms with Crippen LogP contribution in [0.2, 0.25) is 0 Å². The number of halogens is 2. The number of nitrogens with zero attached hydrogens (tertiary/aromatic N) is 2. The molecule has 1 saturated carbocycles. The fourth-order valence-electron chi connectivity index (χ4n) is 7.37. The van der Waals surface area contributed by atoms with E-state index in [-0.39, 0.29) is 29.0 Å². The Morgan fingerprint density at radius 3 is 2.15 bits per heavy atom. The molecule has 2 aliphatic rings. The van der Waals surface area contributed by atoms with E-state index in [4.69, 9.17) is 0 Å². The topological polar surface area (TPSA) is 91.6 Å². The highest BCUT2D eigenvalue weighted by atomic mass is 19.1. The summed E-state index contributed by atoms with van der Waals surface area (Å²) >= 11 is 0. The van der Waals surface area contributed by atoms with Crippen molar-refractivity contribution in [3.63, 3.8) is 0 Å². The van der Waals surface area contributed by atoms with Gasteiger partial charge in [-0.25, -0.2) is 8.78 Å². The molecule has 252 valence electrons. The van der Waals surface area contributed by atoms with Crippen molar-refractivity contribution in [3.05, 3.63) is 91.4 Å². The number of aromatic nitrogens is 1. The Hall–Kier alpha value is -3.85. The molecule has 3 aromatic rings. The van der Waals surface area contributed by atoms with Crippen LogP contribution in [0.15, 0.2) is 35.3 Å². The molecule has 2 aromatic carbocycles. The van der Waals surface area contributed by atoms with Gasteiger partial charge in [-0.15, -0.1) is 0 Å². The van der Waals surface area contributed by atoms with Crippen LogP contribution in [0.25, 0.3) is 11.1 Å². The van der Waals surface area contributed by atoms with Gasteiger partial charge in [0.2, 0.25) is 5.91 Å². The van der Waals surface area contributed by atoms with E-state index in [1.807, 2.05) is 53.7 Å². The molecule has 1 aliphatic heterocycles. The van der Waals surface area contributed by atoms with Gasteiger partial charge >= 0.3 is 5.97 Å². The van der Waals surface area contributed by atoms with Crippen LogP contribution in [0.3, 0.4) is 0 Å². The second kappa shape index (κ2) is 13.3. The van der Waals surface area contributed by atoms with Crippen molar-refractivity contribution >= 4 is 11.9 Å². The first-order chi connectivity index (χ1) is 22.1. The number of aryl methyl sites for hydroxylation is 5. The molecule has 47 heavy (non-hydrogen) atoms. The van der Waals surface area contributed by atoms with E-state index in [1.54, 1.807) is 6.20 Å². The molecule has 2 heterocycles. The lowest BCUT2D eigenvalue weighted by Gasteiger charge is -2.40. The maximum absolute atomic E-state index is 16.5. The third kappa shape index (κ3) is 7.35.